The van der Waals surface area contributed by atoms with Gasteiger partial charge in [0.2, 0.25) is 0 Å². The molecule has 2 heterocycles. The van der Waals surface area contributed by atoms with Gasteiger partial charge in [0.1, 0.15) is 10.7 Å². The number of carbonyl (C=O) groups excluding carboxylic acids is 2. The Bertz CT molecular complexity index is 1250. The normalized spacial score (nSPS) is 11.2. The minimum absolute atomic E-state index is 0.0578. The van der Waals surface area contributed by atoms with Gasteiger partial charge >= 0.3 is 0 Å². The molecule has 2 amide bonds. The van der Waals surface area contributed by atoms with Crippen molar-refractivity contribution in [1.82, 2.24) is 15.3 Å². The van der Waals surface area contributed by atoms with E-state index in [-0.39, 0.29) is 38.0 Å². The van der Waals surface area contributed by atoms with Gasteiger partial charge < -0.3 is 15.7 Å². The number of hydrogen-bond acceptors (Lipinski definition) is 8. The van der Waals surface area contributed by atoms with Gasteiger partial charge in [0, 0.05) is 12.8 Å². The lowest BCUT2D eigenvalue weighted by Crippen LogP contribution is -2.25. The molecule has 3 rings (SSSR count). The fraction of sp³-hybridized carbons (Fsp3) is 0.111. The van der Waals surface area contributed by atoms with Gasteiger partial charge in [-0.2, -0.15) is 0 Å². The van der Waals surface area contributed by atoms with Gasteiger partial charge in [0.15, 0.2) is 26.4 Å². The number of rotatable bonds is 6. The first kappa shape index (κ1) is 22.9. The van der Waals surface area contributed by atoms with Crippen LogP contribution in [0.3, 0.4) is 0 Å². The fourth-order valence-corrected chi connectivity index (χ4v) is 4.58. The predicted molar refractivity (Wildman–Crippen MR) is 117 cm³/mol. The summed E-state index contributed by atoms with van der Waals surface area (Å²) < 4.78 is 23.8. The number of nitrogens with one attached hydrogen (secondary N) is 2. The SMILES string of the molecule is CS(=O)(=O)c1ccccc1CNC(=O)c1ncsc1NC(=O)c1cc(Cl)c(O)c(Cl)n1. The lowest BCUT2D eigenvalue weighted by molar-refractivity contribution is 0.0947. The average Bonchev–Trinajstić information content (AvgIpc) is 3.17. The van der Waals surface area contributed by atoms with Crippen LogP contribution in [0.2, 0.25) is 10.2 Å². The van der Waals surface area contributed by atoms with E-state index in [2.05, 4.69) is 20.6 Å². The number of aromatic nitrogens is 2. The molecule has 0 unspecified atom stereocenters. The standard InChI is InChI=1S/C18H14Cl2N4O5S2/c1-31(28,29)12-5-3-2-4-9(12)7-21-17(27)13-18(30-8-22-13)24-16(26)11-6-10(19)14(25)15(20)23-11/h2-6,8,25H,7H2,1H3,(H,21,27)(H,24,26). The molecule has 0 atom stereocenters. The van der Waals surface area contributed by atoms with Crippen molar-refractivity contribution >= 4 is 61.2 Å². The lowest BCUT2D eigenvalue weighted by atomic mass is 10.2. The molecular weight excluding hydrogens is 487 g/mol. The molecule has 0 aliphatic heterocycles. The number of amides is 2. The highest BCUT2D eigenvalue weighted by molar-refractivity contribution is 7.90. The zero-order chi connectivity index (χ0) is 22.8. The van der Waals surface area contributed by atoms with Crippen LogP contribution in [-0.2, 0) is 16.4 Å². The second-order valence-electron chi connectivity index (χ2n) is 6.18. The molecule has 0 saturated heterocycles. The summed E-state index contributed by atoms with van der Waals surface area (Å²) in [5.74, 6) is -1.79. The van der Waals surface area contributed by atoms with Crippen LogP contribution in [0.1, 0.15) is 26.5 Å². The van der Waals surface area contributed by atoms with Crippen LogP contribution < -0.4 is 10.6 Å². The molecule has 0 aliphatic carbocycles. The van der Waals surface area contributed by atoms with Gasteiger partial charge in [-0.15, -0.1) is 11.3 Å². The topological polar surface area (TPSA) is 138 Å². The Balaban J connectivity index is 1.75. The van der Waals surface area contributed by atoms with Crippen molar-refractivity contribution < 1.29 is 23.1 Å². The van der Waals surface area contributed by atoms with Crippen LogP contribution in [0.5, 0.6) is 5.75 Å². The third kappa shape index (κ3) is 5.31. The second kappa shape index (κ2) is 9.18. The van der Waals surface area contributed by atoms with E-state index >= 15 is 0 Å². The van der Waals surface area contributed by atoms with Crippen LogP contribution in [0.15, 0.2) is 40.7 Å². The van der Waals surface area contributed by atoms with Crippen LogP contribution in [0.25, 0.3) is 0 Å². The fourth-order valence-electron chi connectivity index (χ4n) is 2.53. The van der Waals surface area contributed by atoms with E-state index in [4.69, 9.17) is 23.2 Å². The summed E-state index contributed by atoms with van der Waals surface area (Å²) in [6.07, 6.45) is 1.08. The number of thiazole rings is 1. The third-order valence-electron chi connectivity index (χ3n) is 3.96. The Labute approximate surface area is 191 Å². The van der Waals surface area contributed by atoms with Gasteiger partial charge in [-0.3, -0.25) is 9.59 Å². The highest BCUT2D eigenvalue weighted by Gasteiger charge is 2.21. The summed E-state index contributed by atoms with van der Waals surface area (Å²) in [4.78, 5) is 32.8. The summed E-state index contributed by atoms with van der Waals surface area (Å²) in [5.41, 5.74) is 1.54. The van der Waals surface area contributed by atoms with Gasteiger partial charge in [-0.1, -0.05) is 41.4 Å². The first-order chi connectivity index (χ1) is 14.6. The number of pyridine rings is 1. The monoisotopic (exact) mass is 500 g/mol. The van der Waals surface area contributed by atoms with Crippen molar-refractivity contribution in [2.75, 3.05) is 11.6 Å². The molecule has 31 heavy (non-hydrogen) atoms. The number of aromatic hydroxyl groups is 1. The summed E-state index contributed by atoms with van der Waals surface area (Å²) in [6.45, 7) is -0.0578. The van der Waals surface area contributed by atoms with Crippen LogP contribution in [0.4, 0.5) is 5.00 Å². The molecule has 0 spiro atoms. The average molecular weight is 501 g/mol. The van der Waals surface area contributed by atoms with Crippen LogP contribution >= 0.6 is 34.5 Å². The summed E-state index contributed by atoms with van der Waals surface area (Å²) in [6, 6.07) is 7.41. The van der Waals surface area contributed by atoms with Gasteiger partial charge in [0.25, 0.3) is 11.8 Å². The number of benzene rings is 1. The third-order valence-corrected chi connectivity index (χ3v) is 6.45. The van der Waals surface area contributed by atoms with Crippen molar-refractivity contribution in [2.45, 2.75) is 11.4 Å². The van der Waals surface area contributed by atoms with E-state index in [9.17, 15) is 23.1 Å². The minimum atomic E-state index is -3.47. The predicted octanol–water partition coefficient (Wildman–Crippen LogP) is 3.14. The van der Waals surface area contributed by atoms with E-state index in [0.717, 1.165) is 23.7 Å². The molecule has 1 aromatic carbocycles. The molecule has 9 nitrogen and oxygen atoms in total. The van der Waals surface area contributed by atoms with Crippen LogP contribution in [-0.4, -0.2) is 41.6 Å². The Morgan fingerprint density at radius 1 is 1.19 bits per heavy atom. The zero-order valence-corrected chi connectivity index (χ0v) is 18.9. The second-order valence-corrected chi connectivity index (χ2v) is 9.78. The van der Waals surface area contributed by atoms with Crippen molar-refractivity contribution in [3.63, 3.8) is 0 Å². The first-order valence-corrected chi connectivity index (χ1v) is 12.0. The molecule has 162 valence electrons. The number of hydrogen-bond donors (Lipinski definition) is 3. The summed E-state index contributed by atoms with van der Waals surface area (Å²) >= 11 is 12.5. The largest absolute Gasteiger partial charge is 0.504 e. The highest BCUT2D eigenvalue weighted by atomic mass is 35.5. The van der Waals surface area contributed by atoms with Gasteiger partial charge in [-0.25, -0.2) is 18.4 Å². The van der Waals surface area contributed by atoms with Crippen molar-refractivity contribution in [3.05, 3.63) is 63.0 Å². The zero-order valence-electron chi connectivity index (χ0n) is 15.7. The number of anilines is 1. The summed E-state index contributed by atoms with van der Waals surface area (Å²) in [5, 5.41) is 14.3. The Morgan fingerprint density at radius 2 is 1.90 bits per heavy atom. The quantitative estimate of drug-likeness (QED) is 0.441. The Kier molecular flexibility index (Phi) is 6.80. The molecule has 3 aromatic rings. The number of carbonyl (C=O) groups is 2. The highest BCUT2D eigenvalue weighted by Crippen LogP contribution is 2.30. The smallest absolute Gasteiger partial charge is 0.275 e. The van der Waals surface area contributed by atoms with Crippen LogP contribution in [0, 0.1) is 0 Å². The van der Waals surface area contributed by atoms with Gasteiger partial charge in [0.05, 0.1) is 15.4 Å². The molecule has 0 saturated carbocycles. The van der Waals surface area contributed by atoms with Crippen molar-refractivity contribution in [3.8, 4) is 5.75 Å². The molecule has 0 aliphatic rings. The van der Waals surface area contributed by atoms with E-state index in [0.29, 0.717) is 5.56 Å². The molecule has 13 heteroatoms. The van der Waals surface area contributed by atoms with E-state index in [1.807, 2.05) is 0 Å². The van der Waals surface area contributed by atoms with E-state index < -0.39 is 27.4 Å². The maximum absolute atomic E-state index is 12.6. The maximum Gasteiger partial charge on any atom is 0.275 e. The lowest BCUT2D eigenvalue weighted by Gasteiger charge is -2.10. The maximum atomic E-state index is 12.6. The molecule has 0 fully saturated rings. The number of sulfone groups is 1. The Morgan fingerprint density at radius 3 is 2.58 bits per heavy atom. The molecule has 0 bridgehead atoms. The summed E-state index contributed by atoms with van der Waals surface area (Å²) in [7, 11) is -3.47. The van der Waals surface area contributed by atoms with Crippen molar-refractivity contribution in [2.24, 2.45) is 0 Å². The van der Waals surface area contributed by atoms with Crippen molar-refractivity contribution in [1.29, 1.82) is 0 Å². The molecule has 0 radical (unpaired) electrons. The van der Waals surface area contributed by atoms with E-state index in [1.165, 1.54) is 11.6 Å². The van der Waals surface area contributed by atoms with Gasteiger partial charge in [-0.05, 0) is 17.7 Å². The molecule has 2 aromatic heterocycles. The number of nitrogens with zero attached hydrogens (tertiary/aromatic N) is 2. The number of halogens is 2. The molecular formula is C18H14Cl2N4O5S2. The minimum Gasteiger partial charge on any atom is -0.504 e. The molecule has 3 N–H and O–H groups in total. The first-order valence-electron chi connectivity index (χ1n) is 8.44. The van der Waals surface area contributed by atoms with E-state index in [1.54, 1.807) is 18.2 Å². The Hall–Kier alpha value is -2.73.